The fourth-order valence-electron chi connectivity index (χ4n) is 2.16. The van der Waals surface area contributed by atoms with E-state index in [1.54, 1.807) is 0 Å². The maximum atomic E-state index is 11.3. The van der Waals surface area contributed by atoms with Gasteiger partial charge in [0.1, 0.15) is 5.82 Å². The van der Waals surface area contributed by atoms with Crippen LogP contribution in [0.2, 0.25) is 0 Å². The summed E-state index contributed by atoms with van der Waals surface area (Å²) in [6, 6.07) is 14.1. The summed E-state index contributed by atoms with van der Waals surface area (Å²) >= 11 is 0. The van der Waals surface area contributed by atoms with Gasteiger partial charge in [-0.1, -0.05) is 42.5 Å². The molecule has 0 aliphatic heterocycles. The summed E-state index contributed by atoms with van der Waals surface area (Å²) < 4.78 is 0. The van der Waals surface area contributed by atoms with Crippen LogP contribution in [0, 0.1) is 0 Å². The molecule has 0 aliphatic carbocycles. The molecule has 3 N–H and O–H groups in total. The third-order valence-corrected chi connectivity index (χ3v) is 2.95. The van der Waals surface area contributed by atoms with Gasteiger partial charge in [-0.15, -0.1) is 0 Å². The molecule has 94 valence electrons. The second-order valence-corrected chi connectivity index (χ2v) is 4.27. The number of nitrogen functional groups attached to an aromatic ring is 1. The Morgan fingerprint density at radius 3 is 2.68 bits per heavy atom. The SMILES string of the molecule is Nc1nc(Cc2cccc3ccccc23)[nH]c(=O)n1. The predicted molar refractivity (Wildman–Crippen MR) is 73.8 cm³/mol. The summed E-state index contributed by atoms with van der Waals surface area (Å²) in [7, 11) is 0. The van der Waals surface area contributed by atoms with E-state index >= 15 is 0 Å². The average molecular weight is 252 g/mol. The number of H-pyrrole nitrogens is 1. The number of rotatable bonds is 2. The Kier molecular flexibility index (Phi) is 2.72. The Balaban J connectivity index is 2.08. The largest absolute Gasteiger partial charge is 0.368 e. The minimum absolute atomic E-state index is 0.000938. The number of hydrogen-bond donors (Lipinski definition) is 2. The van der Waals surface area contributed by atoms with Gasteiger partial charge in [-0.3, -0.25) is 4.98 Å². The number of aromatic nitrogens is 3. The van der Waals surface area contributed by atoms with Crippen LogP contribution in [0.25, 0.3) is 10.8 Å². The van der Waals surface area contributed by atoms with E-state index in [2.05, 4.69) is 27.1 Å². The predicted octanol–water partition coefficient (Wildman–Crippen LogP) is 1.49. The maximum absolute atomic E-state index is 11.3. The molecule has 1 aromatic heterocycles. The zero-order valence-corrected chi connectivity index (χ0v) is 10.1. The average Bonchev–Trinajstić information content (AvgIpc) is 2.38. The summed E-state index contributed by atoms with van der Waals surface area (Å²) in [5.74, 6) is 0.521. The molecule has 19 heavy (non-hydrogen) atoms. The lowest BCUT2D eigenvalue weighted by Crippen LogP contribution is -2.17. The smallest absolute Gasteiger partial charge is 0.349 e. The van der Waals surface area contributed by atoms with E-state index in [1.807, 2.05) is 30.3 Å². The van der Waals surface area contributed by atoms with E-state index in [4.69, 9.17) is 5.73 Å². The topological polar surface area (TPSA) is 84.7 Å². The lowest BCUT2D eigenvalue weighted by atomic mass is 10.0. The monoisotopic (exact) mass is 252 g/mol. The second kappa shape index (κ2) is 4.53. The zero-order valence-electron chi connectivity index (χ0n) is 10.1. The van der Waals surface area contributed by atoms with Crippen LogP contribution >= 0.6 is 0 Å². The molecule has 0 fully saturated rings. The summed E-state index contributed by atoms with van der Waals surface area (Å²) in [5, 5.41) is 2.30. The van der Waals surface area contributed by atoms with Gasteiger partial charge in [0.05, 0.1) is 0 Å². The molecule has 5 heteroatoms. The van der Waals surface area contributed by atoms with Crippen LogP contribution in [-0.2, 0) is 6.42 Å². The molecule has 3 aromatic rings. The van der Waals surface area contributed by atoms with E-state index < -0.39 is 5.69 Å². The summed E-state index contributed by atoms with van der Waals surface area (Å²) in [4.78, 5) is 21.4. The Bertz CT molecular complexity index is 789. The molecule has 0 atom stereocenters. The highest BCUT2D eigenvalue weighted by Gasteiger charge is 2.05. The van der Waals surface area contributed by atoms with Crippen molar-refractivity contribution in [1.29, 1.82) is 0 Å². The Morgan fingerprint density at radius 2 is 1.84 bits per heavy atom. The van der Waals surface area contributed by atoms with Gasteiger partial charge >= 0.3 is 5.69 Å². The highest BCUT2D eigenvalue weighted by Crippen LogP contribution is 2.19. The van der Waals surface area contributed by atoms with Gasteiger partial charge in [-0.05, 0) is 16.3 Å². The Hall–Kier alpha value is -2.69. The molecule has 1 heterocycles. The number of hydrogen-bond acceptors (Lipinski definition) is 4. The van der Waals surface area contributed by atoms with Crippen LogP contribution in [0.4, 0.5) is 5.95 Å². The summed E-state index contributed by atoms with van der Waals surface area (Å²) in [6.07, 6.45) is 0.517. The van der Waals surface area contributed by atoms with Crippen molar-refractivity contribution < 1.29 is 0 Å². The highest BCUT2D eigenvalue weighted by atomic mass is 16.1. The molecule has 0 bridgehead atoms. The van der Waals surface area contributed by atoms with Gasteiger partial charge in [0, 0.05) is 6.42 Å². The number of nitrogens with zero attached hydrogens (tertiary/aromatic N) is 2. The fourth-order valence-corrected chi connectivity index (χ4v) is 2.16. The normalized spacial score (nSPS) is 10.7. The van der Waals surface area contributed by atoms with Crippen molar-refractivity contribution in [2.45, 2.75) is 6.42 Å². The highest BCUT2D eigenvalue weighted by molar-refractivity contribution is 5.85. The first-order chi connectivity index (χ1) is 9.22. The number of nitrogens with one attached hydrogen (secondary N) is 1. The lowest BCUT2D eigenvalue weighted by molar-refractivity contribution is 0.896. The molecule has 0 spiro atoms. The van der Waals surface area contributed by atoms with Crippen molar-refractivity contribution >= 4 is 16.7 Å². The van der Waals surface area contributed by atoms with E-state index in [0.717, 1.165) is 16.3 Å². The van der Waals surface area contributed by atoms with E-state index in [-0.39, 0.29) is 5.95 Å². The molecule has 0 saturated heterocycles. The van der Waals surface area contributed by atoms with Crippen molar-refractivity contribution in [3.8, 4) is 0 Å². The molecule has 0 saturated carbocycles. The number of benzene rings is 2. The van der Waals surface area contributed by atoms with E-state index in [0.29, 0.717) is 12.2 Å². The van der Waals surface area contributed by atoms with Crippen LogP contribution in [-0.4, -0.2) is 15.0 Å². The van der Waals surface area contributed by atoms with Gasteiger partial charge in [0.15, 0.2) is 0 Å². The molecule has 5 nitrogen and oxygen atoms in total. The number of fused-ring (bicyclic) bond motifs is 1. The fraction of sp³-hybridized carbons (Fsp3) is 0.0714. The summed E-state index contributed by atoms with van der Waals surface area (Å²) in [6.45, 7) is 0. The van der Waals surface area contributed by atoms with Gasteiger partial charge in [-0.2, -0.15) is 9.97 Å². The van der Waals surface area contributed by atoms with Crippen molar-refractivity contribution in [1.82, 2.24) is 15.0 Å². The van der Waals surface area contributed by atoms with Crippen LogP contribution < -0.4 is 11.4 Å². The zero-order chi connectivity index (χ0) is 13.2. The van der Waals surface area contributed by atoms with Crippen LogP contribution in [0.5, 0.6) is 0 Å². The first kappa shape index (κ1) is 11.4. The van der Waals surface area contributed by atoms with Crippen molar-refractivity contribution in [3.63, 3.8) is 0 Å². The first-order valence-electron chi connectivity index (χ1n) is 5.92. The molecular formula is C14H12N4O. The number of aromatic amines is 1. The molecule has 0 amide bonds. The molecular weight excluding hydrogens is 240 g/mol. The molecule has 0 aliphatic rings. The first-order valence-corrected chi connectivity index (χ1v) is 5.92. The van der Waals surface area contributed by atoms with E-state index in [9.17, 15) is 4.79 Å². The van der Waals surface area contributed by atoms with Gasteiger partial charge in [-0.25, -0.2) is 4.79 Å². The number of anilines is 1. The van der Waals surface area contributed by atoms with Gasteiger partial charge in [0.2, 0.25) is 5.95 Å². The Labute approximate surface area is 109 Å². The maximum Gasteiger partial charge on any atom is 0.349 e. The Morgan fingerprint density at radius 1 is 1.05 bits per heavy atom. The third kappa shape index (κ3) is 2.30. The van der Waals surface area contributed by atoms with E-state index in [1.165, 1.54) is 0 Å². The molecule has 0 radical (unpaired) electrons. The second-order valence-electron chi connectivity index (χ2n) is 4.27. The van der Waals surface area contributed by atoms with Gasteiger partial charge < -0.3 is 5.73 Å². The van der Waals surface area contributed by atoms with Gasteiger partial charge in [0.25, 0.3) is 0 Å². The molecule has 3 rings (SSSR count). The van der Waals surface area contributed by atoms with Crippen molar-refractivity contribution in [2.24, 2.45) is 0 Å². The van der Waals surface area contributed by atoms with Crippen LogP contribution in [0.1, 0.15) is 11.4 Å². The van der Waals surface area contributed by atoms with Crippen LogP contribution in [0.3, 0.4) is 0 Å². The lowest BCUT2D eigenvalue weighted by Gasteiger charge is -2.06. The molecule has 2 aromatic carbocycles. The summed E-state index contributed by atoms with van der Waals surface area (Å²) in [5.41, 5.74) is 6.10. The minimum atomic E-state index is -0.470. The van der Waals surface area contributed by atoms with Crippen molar-refractivity contribution in [3.05, 3.63) is 64.3 Å². The van der Waals surface area contributed by atoms with Crippen LogP contribution in [0.15, 0.2) is 47.3 Å². The third-order valence-electron chi connectivity index (χ3n) is 2.95. The minimum Gasteiger partial charge on any atom is -0.368 e. The molecule has 0 unspecified atom stereocenters. The number of nitrogens with two attached hydrogens (primary N) is 1. The quantitative estimate of drug-likeness (QED) is 0.723. The van der Waals surface area contributed by atoms with Crippen molar-refractivity contribution in [2.75, 3.05) is 5.73 Å². The standard InChI is InChI=1S/C14H12N4O/c15-13-16-12(17-14(19)18-13)8-10-6-3-5-9-4-1-2-7-11(9)10/h1-7H,8H2,(H3,15,16,17,18,19).